The van der Waals surface area contributed by atoms with Crippen LogP contribution in [0.1, 0.15) is 26.2 Å². The summed E-state index contributed by atoms with van der Waals surface area (Å²) in [5, 5.41) is 6.02. The van der Waals surface area contributed by atoms with E-state index in [2.05, 4.69) is 10.6 Å². The zero-order valence-corrected chi connectivity index (χ0v) is 9.40. The van der Waals surface area contributed by atoms with E-state index in [-0.39, 0.29) is 30.4 Å². The summed E-state index contributed by atoms with van der Waals surface area (Å²) < 4.78 is 0. The Morgan fingerprint density at radius 3 is 2.86 bits per heavy atom. The third-order valence-electron chi connectivity index (χ3n) is 2.23. The minimum Gasteiger partial charge on any atom is -0.353 e. The molecule has 0 bridgehead atoms. The van der Waals surface area contributed by atoms with Gasteiger partial charge in [0.05, 0.1) is 6.04 Å². The lowest BCUT2D eigenvalue weighted by atomic mass is 10.0. The number of carbonyl (C=O) groups excluding carboxylic acids is 1. The number of carbonyl (C=O) groups is 1. The Morgan fingerprint density at radius 2 is 2.36 bits per heavy atom. The molecule has 2 atom stereocenters. The molecule has 0 aromatic heterocycles. The maximum atomic E-state index is 11.5. The molecular formula is C9H20ClN3O. The van der Waals surface area contributed by atoms with Gasteiger partial charge in [-0.15, -0.1) is 12.4 Å². The molecule has 1 aliphatic rings. The van der Waals surface area contributed by atoms with Gasteiger partial charge in [-0.1, -0.05) is 6.42 Å². The van der Waals surface area contributed by atoms with Crippen LogP contribution in [-0.4, -0.2) is 31.1 Å². The van der Waals surface area contributed by atoms with E-state index < -0.39 is 0 Å². The summed E-state index contributed by atoms with van der Waals surface area (Å²) in [4.78, 5) is 11.5. The van der Waals surface area contributed by atoms with Crippen LogP contribution >= 0.6 is 12.4 Å². The molecular weight excluding hydrogens is 202 g/mol. The van der Waals surface area contributed by atoms with E-state index in [9.17, 15) is 4.79 Å². The van der Waals surface area contributed by atoms with Crippen LogP contribution in [0.25, 0.3) is 0 Å². The van der Waals surface area contributed by atoms with Crippen molar-refractivity contribution in [2.75, 3.05) is 13.1 Å². The van der Waals surface area contributed by atoms with Crippen LogP contribution in [0.3, 0.4) is 0 Å². The molecule has 0 aromatic carbocycles. The van der Waals surface area contributed by atoms with E-state index in [1.165, 1.54) is 6.42 Å². The first-order valence-electron chi connectivity index (χ1n) is 4.97. The maximum Gasteiger partial charge on any atom is 0.237 e. The summed E-state index contributed by atoms with van der Waals surface area (Å²) in [7, 11) is 0. The number of hydrogen-bond acceptors (Lipinski definition) is 3. The molecule has 0 radical (unpaired) electrons. The summed E-state index contributed by atoms with van der Waals surface area (Å²) in [6, 6.07) is 0.0417. The third-order valence-corrected chi connectivity index (χ3v) is 2.23. The summed E-state index contributed by atoms with van der Waals surface area (Å²) in [5.41, 5.74) is 5.54. The molecule has 1 heterocycles. The van der Waals surface area contributed by atoms with Crippen molar-refractivity contribution in [3.63, 3.8) is 0 Å². The predicted octanol–water partition coefficient (Wildman–Crippen LogP) is 0.0137. The summed E-state index contributed by atoms with van der Waals surface area (Å²) in [5.74, 6) is 0.0944. The second kappa shape index (κ2) is 7.04. The van der Waals surface area contributed by atoms with E-state index in [1.807, 2.05) is 6.92 Å². The van der Waals surface area contributed by atoms with E-state index in [0.29, 0.717) is 6.54 Å². The van der Waals surface area contributed by atoms with E-state index in [4.69, 9.17) is 5.73 Å². The van der Waals surface area contributed by atoms with Crippen LogP contribution < -0.4 is 16.4 Å². The zero-order chi connectivity index (χ0) is 9.68. The highest BCUT2D eigenvalue weighted by atomic mass is 35.5. The van der Waals surface area contributed by atoms with Gasteiger partial charge in [-0.05, 0) is 26.3 Å². The monoisotopic (exact) mass is 221 g/mol. The molecule has 1 amide bonds. The van der Waals surface area contributed by atoms with Crippen LogP contribution in [0.15, 0.2) is 0 Å². The van der Waals surface area contributed by atoms with Gasteiger partial charge in [0.15, 0.2) is 0 Å². The number of nitrogens with two attached hydrogens (primary N) is 1. The molecule has 1 saturated heterocycles. The van der Waals surface area contributed by atoms with Gasteiger partial charge < -0.3 is 16.4 Å². The second-order valence-corrected chi connectivity index (χ2v) is 3.72. The fourth-order valence-electron chi connectivity index (χ4n) is 1.46. The largest absolute Gasteiger partial charge is 0.353 e. The van der Waals surface area contributed by atoms with Gasteiger partial charge in [-0.2, -0.15) is 0 Å². The third kappa shape index (κ3) is 4.79. The van der Waals surface area contributed by atoms with Gasteiger partial charge in [0.25, 0.3) is 0 Å². The first-order valence-corrected chi connectivity index (χ1v) is 4.97. The molecule has 84 valence electrons. The Hall–Kier alpha value is -0.320. The van der Waals surface area contributed by atoms with Crippen LogP contribution in [0.2, 0.25) is 0 Å². The Balaban J connectivity index is 0.00000169. The SMILES string of the molecule is CC(N)CNC(=O)C1CCCCN1.Cl. The number of rotatable bonds is 3. The Labute approximate surface area is 91.4 Å². The first-order chi connectivity index (χ1) is 6.20. The maximum absolute atomic E-state index is 11.5. The molecule has 2 unspecified atom stereocenters. The van der Waals surface area contributed by atoms with E-state index in [0.717, 1.165) is 19.4 Å². The Kier molecular flexibility index (Phi) is 6.87. The van der Waals surface area contributed by atoms with Gasteiger partial charge >= 0.3 is 0 Å². The predicted molar refractivity (Wildman–Crippen MR) is 59.5 cm³/mol. The number of nitrogens with one attached hydrogen (secondary N) is 2. The molecule has 1 aliphatic heterocycles. The zero-order valence-electron chi connectivity index (χ0n) is 8.58. The lowest BCUT2D eigenvalue weighted by molar-refractivity contribution is -0.123. The van der Waals surface area contributed by atoms with Crippen molar-refractivity contribution in [3.8, 4) is 0 Å². The molecule has 5 heteroatoms. The highest BCUT2D eigenvalue weighted by Gasteiger charge is 2.19. The summed E-state index contributed by atoms with van der Waals surface area (Å²) in [6.07, 6.45) is 3.27. The normalized spacial score (nSPS) is 23.4. The average molecular weight is 222 g/mol. The Morgan fingerprint density at radius 1 is 1.64 bits per heavy atom. The van der Waals surface area contributed by atoms with Crippen LogP contribution in [0, 0.1) is 0 Å². The van der Waals surface area contributed by atoms with Crippen molar-refractivity contribution in [2.45, 2.75) is 38.3 Å². The van der Waals surface area contributed by atoms with E-state index >= 15 is 0 Å². The van der Waals surface area contributed by atoms with Gasteiger partial charge in [0, 0.05) is 12.6 Å². The van der Waals surface area contributed by atoms with Gasteiger partial charge in [0.2, 0.25) is 5.91 Å². The highest BCUT2D eigenvalue weighted by molar-refractivity contribution is 5.85. The molecule has 1 rings (SSSR count). The standard InChI is InChI=1S/C9H19N3O.ClH/c1-7(10)6-12-9(13)8-4-2-3-5-11-8;/h7-8,11H,2-6,10H2,1H3,(H,12,13);1H. The molecule has 14 heavy (non-hydrogen) atoms. The molecule has 0 aliphatic carbocycles. The van der Waals surface area contributed by atoms with Gasteiger partial charge in [0.1, 0.15) is 0 Å². The molecule has 1 fully saturated rings. The summed E-state index contributed by atoms with van der Waals surface area (Å²) >= 11 is 0. The van der Waals surface area contributed by atoms with Crippen molar-refractivity contribution >= 4 is 18.3 Å². The molecule has 0 aromatic rings. The van der Waals surface area contributed by atoms with Gasteiger partial charge in [-0.25, -0.2) is 0 Å². The minimum absolute atomic E-state index is 0. The number of amides is 1. The molecule has 0 spiro atoms. The average Bonchev–Trinajstić information content (AvgIpc) is 2.15. The van der Waals surface area contributed by atoms with Crippen molar-refractivity contribution < 1.29 is 4.79 Å². The molecule has 0 saturated carbocycles. The van der Waals surface area contributed by atoms with Crippen molar-refractivity contribution in [2.24, 2.45) is 5.73 Å². The Bertz CT molecular complexity index is 169. The van der Waals surface area contributed by atoms with Crippen molar-refractivity contribution in [1.29, 1.82) is 0 Å². The van der Waals surface area contributed by atoms with E-state index in [1.54, 1.807) is 0 Å². The van der Waals surface area contributed by atoms with Crippen molar-refractivity contribution in [3.05, 3.63) is 0 Å². The summed E-state index contributed by atoms with van der Waals surface area (Å²) in [6.45, 7) is 3.40. The topological polar surface area (TPSA) is 67.1 Å². The quantitative estimate of drug-likeness (QED) is 0.629. The number of piperidine rings is 1. The molecule has 4 nitrogen and oxygen atoms in total. The van der Waals surface area contributed by atoms with Gasteiger partial charge in [-0.3, -0.25) is 4.79 Å². The first kappa shape index (κ1) is 13.7. The fraction of sp³-hybridized carbons (Fsp3) is 0.889. The lowest BCUT2D eigenvalue weighted by Gasteiger charge is -2.22. The van der Waals surface area contributed by atoms with Crippen molar-refractivity contribution in [1.82, 2.24) is 10.6 Å². The minimum atomic E-state index is 0. The highest BCUT2D eigenvalue weighted by Crippen LogP contribution is 2.06. The van der Waals surface area contributed by atoms with Crippen LogP contribution in [0.5, 0.6) is 0 Å². The fourth-order valence-corrected chi connectivity index (χ4v) is 1.46. The molecule has 4 N–H and O–H groups in total. The smallest absolute Gasteiger partial charge is 0.237 e. The number of hydrogen-bond donors (Lipinski definition) is 3. The lowest BCUT2D eigenvalue weighted by Crippen LogP contribution is -2.48. The number of halogens is 1. The second-order valence-electron chi connectivity index (χ2n) is 3.72. The van der Waals surface area contributed by atoms with Crippen LogP contribution in [0.4, 0.5) is 0 Å². The van der Waals surface area contributed by atoms with Crippen LogP contribution in [-0.2, 0) is 4.79 Å².